The van der Waals surface area contributed by atoms with E-state index in [-0.39, 0.29) is 67.1 Å². The van der Waals surface area contributed by atoms with E-state index in [2.05, 4.69) is 10.6 Å². The molecule has 16 heteroatoms. The van der Waals surface area contributed by atoms with Crippen molar-refractivity contribution in [2.75, 3.05) is 46.6 Å². The monoisotopic (exact) mass is 930 g/mol. The highest BCUT2D eigenvalue weighted by Crippen LogP contribution is 2.32. The number of nitrogens with zero attached hydrogens (tertiary/aromatic N) is 2. The molecule has 6 aliphatic heterocycles. The van der Waals surface area contributed by atoms with E-state index in [0.29, 0.717) is 71.5 Å². The number of fused-ring (bicyclic) bond motifs is 22. The first kappa shape index (κ1) is 49.7. The van der Waals surface area contributed by atoms with Crippen molar-refractivity contribution in [2.45, 2.75) is 152 Å². The van der Waals surface area contributed by atoms with Gasteiger partial charge in [0.05, 0.1) is 45.7 Å². The molecule has 6 heterocycles. The minimum Gasteiger partial charge on any atom is -0.494 e. The third-order valence-corrected chi connectivity index (χ3v) is 14.2. The second-order valence-corrected chi connectivity index (χ2v) is 18.9. The van der Waals surface area contributed by atoms with Crippen molar-refractivity contribution in [3.63, 3.8) is 0 Å². The number of carbonyl (C=O) groups excluding carboxylic acids is 5. The number of rotatable bonds is 4. The average molecular weight is 931 g/mol. The number of hydrogen-bond acceptors (Lipinski definition) is 11. The van der Waals surface area contributed by atoms with Gasteiger partial charge in [-0.25, -0.2) is 9.59 Å². The van der Waals surface area contributed by atoms with Crippen LogP contribution >= 0.6 is 0 Å². The standard InChI is InChI=1S/C26H36N2O6.C25H34N2O6/c1-32-26(31)22-16-21-17-28(22)25(30)24(19-6-3-2-4-7-19)27-23(29)13-10-18-8-11-20(12-9-18)33-14-5-15-34-21;28-22-12-9-17-7-10-19(11-8-17)32-13-4-14-33-20-15-21(25(30)31)27(16-20)24(29)23(26-22)18-5-2-1-3-6-18/h8-9,11-12,19,21-22,24H,2-7,10,13-17H2,1H3,(H,27,29);7-8,10-11,18,20-21,23H,1-6,9,12-16H2,(H,26,28)(H,30,31)/t21-,22+,24+;20-,21+,23+/m11/s1. The molecule has 2 saturated carbocycles. The average Bonchev–Trinajstić information content (AvgIpc) is 3.99. The van der Waals surface area contributed by atoms with Gasteiger partial charge < -0.3 is 49.2 Å². The molecule has 2 aromatic carbocycles. The van der Waals surface area contributed by atoms with Crippen LogP contribution in [0.3, 0.4) is 0 Å². The van der Waals surface area contributed by atoms with Gasteiger partial charge in [0, 0.05) is 51.6 Å². The van der Waals surface area contributed by atoms with Gasteiger partial charge in [-0.3, -0.25) is 19.2 Å². The van der Waals surface area contributed by atoms with E-state index in [0.717, 1.165) is 86.8 Å². The molecule has 0 unspecified atom stereocenters. The normalized spacial score (nSPS) is 27.7. The molecule has 8 aliphatic rings. The van der Waals surface area contributed by atoms with Gasteiger partial charge in [-0.15, -0.1) is 0 Å². The highest BCUT2D eigenvalue weighted by Gasteiger charge is 2.46. The number of esters is 1. The quantitative estimate of drug-likeness (QED) is 0.341. The highest BCUT2D eigenvalue weighted by atomic mass is 16.5. The maximum Gasteiger partial charge on any atom is 0.328 e. The Hall–Kier alpha value is -5.22. The smallest absolute Gasteiger partial charge is 0.328 e. The number of aliphatic carboxylic acids is 1. The number of carboxylic acid groups (broad SMARTS) is 1. The predicted molar refractivity (Wildman–Crippen MR) is 246 cm³/mol. The summed E-state index contributed by atoms with van der Waals surface area (Å²) in [5.74, 6) is -0.621. The maximum absolute atomic E-state index is 13.8. The molecule has 4 fully saturated rings. The number of hydrogen-bond donors (Lipinski definition) is 3. The molecule has 6 atom stereocenters. The zero-order valence-electron chi connectivity index (χ0n) is 39.0. The molecule has 16 nitrogen and oxygen atoms in total. The van der Waals surface area contributed by atoms with Gasteiger partial charge in [0.25, 0.3) is 0 Å². The number of carboxylic acids is 1. The Morgan fingerprint density at radius 2 is 0.985 bits per heavy atom. The van der Waals surface area contributed by atoms with Crippen LogP contribution < -0.4 is 20.1 Å². The maximum atomic E-state index is 13.8. The van der Waals surface area contributed by atoms with Crippen LogP contribution in [-0.4, -0.2) is 133 Å². The number of methoxy groups -OCH3 is 1. The van der Waals surface area contributed by atoms with Crippen LogP contribution in [0.2, 0.25) is 0 Å². The van der Waals surface area contributed by atoms with Gasteiger partial charge in [-0.05, 0) is 85.8 Å². The van der Waals surface area contributed by atoms with E-state index in [9.17, 15) is 33.9 Å². The molecule has 67 heavy (non-hydrogen) atoms. The Kier molecular flexibility index (Phi) is 18.3. The lowest BCUT2D eigenvalue weighted by molar-refractivity contribution is -0.152. The second kappa shape index (κ2) is 24.7. The predicted octanol–water partition coefficient (Wildman–Crippen LogP) is 5.16. The van der Waals surface area contributed by atoms with E-state index in [1.807, 2.05) is 48.5 Å². The van der Waals surface area contributed by atoms with E-state index >= 15 is 0 Å². The third-order valence-electron chi connectivity index (χ3n) is 14.2. The van der Waals surface area contributed by atoms with E-state index in [4.69, 9.17) is 23.7 Å². The van der Waals surface area contributed by atoms with Gasteiger partial charge in [-0.2, -0.15) is 0 Å². The van der Waals surface area contributed by atoms with Crippen LogP contribution in [0.4, 0.5) is 0 Å². The molecule has 0 spiro atoms. The van der Waals surface area contributed by atoms with Gasteiger partial charge >= 0.3 is 11.9 Å². The zero-order valence-corrected chi connectivity index (χ0v) is 39.0. The van der Waals surface area contributed by atoms with Crippen LogP contribution in [0.1, 0.15) is 114 Å². The van der Waals surface area contributed by atoms with E-state index < -0.39 is 36.1 Å². The summed E-state index contributed by atoms with van der Waals surface area (Å²) >= 11 is 0. The van der Waals surface area contributed by atoms with Gasteiger partial charge in [0.1, 0.15) is 35.7 Å². The number of aryl methyl sites for hydroxylation is 2. The summed E-state index contributed by atoms with van der Waals surface area (Å²) in [6.07, 6.45) is 13.1. The summed E-state index contributed by atoms with van der Waals surface area (Å²) in [5, 5.41) is 15.8. The van der Waals surface area contributed by atoms with Crippen LogP contribution in [0.25, 0.3) is 0 Å². The van der Waals surface area contributed by atoms with Crippen molar-refractivity contribution >= 4 is 35.6 Å². The molecule has 4 amide bonds. The number of ether oxygens (including phenoxy) is 5. The lowest BCUT2D eigenvalue weighted by atomic mass is 9.83. The van der Waals surface area contributed by atoms with Crippen LogP contribution in [0.5, 0.6) is 11.5 Å². The fraction of sp³-hybridized carbons (Fsp3) is 0.647. The molecular formula is C51H70N4O12. The fourth-order valence-corrected chi connectivity index (χ4v) is 10.5. The first-order valence-electron chi connectivity index (χ1n) is 24.7. The minimum absolute atomic E-state index is 0.0339. The molecule has 10 rings (SSSR count). The first-order valence-corrected chi connectivity index (χ1v) is 24.7. The molecule has 8 bridgehead atoms. The van der Waals surface area contributed by atoms with Crippen LogP contribution in [0.15, 0.2) is 48.5 Å². The Balaban J connectivity index is 0.000000199. The first-order chi connectivity index (χ1) is 32.6. The number of carbonyl (C=O) groups is 6. The zero-order chi connectivity index (χ0) is 47.1. The molecule has 0 aromatic heterocycles. The summed E-state index contributed by atoms with van der Waals surface area (Å²) in [5.41, 5.74) is 2.07. The van der Waals surface area contributed by atoms with Gasteiger partial charge in [0.2, 0.25) is 23.6 Å². The van der Waals surface area contributed by atoms with Crippen LogP contribution in [-0.2, 0) is 55.8 Å². The SMILES string of the molecule is COC(=O)[C@@H]1C[C@@H]2CN1C(=O)[C@H](C1CCCCC1)NC(=O)CCc1ccc(cc1)OCCCO2.O=C1CCc2ccc(cc2)OCCCO[C@@H]2C[C@@H](C(=O)O)N(C2)C(=O)[C@H](C2CCCCC2)N1. The molecule has 2 saturated heterocycles. The molecule has 2 aliphatic carbocycles. The highest BCUT2D eigenvalue weighted by molar-refractivity contribution is 5.92. The molecule has 3 N–H and O–H groups in total. The number of amides is 4. The van der Waals surface area contributed by atoms with Crippen molar-refractivity contribution in [3.05, 3.63) is 59.7 Å². The summed E-state index contributed by atoms with van der Waals surface area (Å²) in [6.45, 7) is 2.46. The van der Waals surface area contributed by atoms with Crippen molar-refractivity contribution in [2.24, 2.45) is 11.8 Å². The Morgan fingerprint density at radius 1 is 0.567 bits per heavy atom. The lowest BCUT2D eigenvalue weighted by Gasteiger charge is -2.34. The largest absolute Gasteiger partial charge is 0.494 e. The Morgan fingerprint density at radius 3 is 1.40 bits per heavy atom. The van der Waals surface area contributed by atoms with Crippen molar-refractivity contribution in [1.82, 2.24) is 20.4 Å². The second-order valence-electron chi connectivity index (χ2n) is 18.9. The minimum atomic E-state index is -1.03. The lowest BCUT2D eigenvalue weighted by Crippen LogP contribution is -2.55. The van der Waals surface area contributed by atoms with Crippen LogP contribution in [0, 0.1) is 11.8 Å². The van der Waals surface area contributed by atoms with E-state index in [1.54, 1.807) is 4.90 Å². The molecule has 366 valence electrons. The molecule has 0 radical (unpaired) electrons. The van der Waals surface area contributed by atoms with Crippen molar-refractivity contribution < 1.29 is 57.6 Å². The Labute approximate surface area is 394 Å². The number of benzene rings is 2. The van der Waals surface area contributed by atoms with Gasteiger partial charge in [0.15, 0.2) is 0 Å². The fourth-order valence-electron chi connectivity index (χ4n) is 10.5. The van der Waals surface area contributed by atoms with Crippen molar-refractivity contribution in [3.8, 4) is 11.5 Å². The topological polar surface area (TPSA) is 199 Å². The summed E-state index contributed by atoms with van der Waals surface area (Å²) in [6, 6.07) is 12.5. The summed E-state index contributed by atoms with van der Waals surface area (Å²) in [4.78, 5) is 80.7. The van der Waals surface area contributed by atoms with Crippen molar-refractivity contribution in [1.29, 1.82) is 0 Å². The molecule has 2 aromatic rings. The third kappa shape index (κ3) is 13.9. The summed E-state index contributed by atoms with van der Waals surface area (Å²) < 4.78 is 28.5. The Bertz CT molecular complexity index is 1970. The summed E-state index contributed by atoms with van der Waals surface area (Å²) in [7, 11) is 1.34. The van der Waals surface area contributed by atoms with Gasteiger partial charge in [-0.1, -0.05) is 62.8 Å². The number of nitrogens with one attached hydrogen (secondary N) is 2. The molecular weight excluding hydrogens is 861 g/mol. The van der Waals surface area contributed by atoms with E-state index in [1.165, 1.54) is 12.0 Å².